The number of nitrogens with two attached hydrogens (primary N) is 1. The SMILES string of the molecule is NS(=O)(=O)c1ccc(CCNC(=O)Cc2cn(Cc3ccc(F)cc3)c3ccccc23)cc1. The zero-order valence-electron chi connectivity index (χ0n) is 17.9. The molecular weight excluding hydrogens is 441 g/mol. The third-order valence-electron chi connectivity index (χ3n) is 5.48. The number of amides is 1. The van der Waals surface area contributed by atoms with Crippen LogP contribution in [0.3, 0.4) is 0 Å². The molecule has 0 aliphatic heterocycles. The van der Waals surface area contributed by atoms with Crippen molar-refractivity contribution in [2.75, 3.05) is 6.54 Å². The molecule has 0 bridgehead atoms. The molecule has 0 aliphatic carbocycles. The number of para-hydroxylation sites is 1. The highest BCUT2D eigenvalue weighted by Crippen LogP contribution is 2.23. The number of fused-ring (bicyclic) bond motifs is 1. The Bertz CT molecular complexity index is 1380. The van der Waals surface area contributed by atoms with Gasteiger partial charge in [-0.3, -0.25) is 4.79 Å². The van der Waals surface area contributed by atoms with E-state index < -0.39 is 10.0 Å². The van der Waals surface area contributed by atoms with Crippen LogP contribution in [0.25, 0.3) is 10.9 Å². The predicted octanol–water partition coefficient (Wildman–Crippen LogP) is 3.38. The minimum absolute atomic E-state index is 0.0623. The number of sulfonamides is 1. The summed E-state index contributed by atoms with van der Waals surface area (Å²) in [7, 11) is -3.71. The molecule has 3 N–H and O–H groups in total. The Kier molecular flexibility index (Phi) is 6.57. The van der Waals surface area contributed by atoms with Crippen molar-refractivity contribution in [1.29, 1.82) is 0 Å². The monoisotopic (exact) mass is 465 g/mol. The average molecular weight is 466 g/mol. The van der Waals surface area contributed by atoms with Gasteiger partial charge in [0.15, 0.2) is 0 Å². The molecule has 4 rings (SSSR count). The van der Waals surface area contributed by atoms with Crippen LogP contribution in [0.15, 0.2) is 83.9 Å². The third-order valence-corrected chi connectivity index (χ3v) is 6.41. The van der Waals surface area contributed by atoms with Crippen molar-refractivity contribution in [3.8, 4) is 0 Å². The summed E-state index contributed by atoms with van der Waals surface area (Å²) in [5.74, 6) is -0.366. The zero-order valence-corrected chi connectivity index (χ0v) is 18.7. The highest BCUT2D eigenvalue weighted by molar-refractivity contribution is 7.89. The van der Waals surface area contributed by atoms with Crippen molar-refractivity contribution in [2.45, 2.75) is 24.3 Å². The van der Waals surface area contributed by atoms with Crippen LogP contribution in [0.4, 0.5) is 4.39 Å². The number of benzene rings is 3. The molecule has 0 aliphatic rings. The van der Waals surface area contributed by atoms with Gasteiger partial charge in [0.05, 0.1) is 11.3 Å². The molecule has 3 aromatic carbocycles. The maximum Gasteiger partial charge on any atom is 0.238 e. The van der Waals surface area contributed by atoms with Gasteiger partial charge < -0.3 is 9.88 Å². The molecule has 0 unspecified atom stereocenters. The molecule has 1 amide bonds. The summed E-state index contributed by atoms with van der Waals surface area (Å²) < 4.78 is 38.0. The number of primary sulfonamides is 1. The van der Waals surface area contributed by atoms with Gasteiger partial charge in [0.1, 0.15) is 5.82 Å². The Labute approximate surface area is 191 Å². The lowest BCUT2D eigenvalue weighted by Crippen LogP contribution is -2.27. The lowest BCUT2D eigenvalue weighted by Gasteiger charge is -2.06. The van der Waals surface area contributed by atoms with Crippen molar-refractivity contribution in [2.24, 2.45) is 5.14 Å². The smallest absolute Gasteiger partial charge is 0.238 e. The first-order valence-electron chi connectivity index (χ1n) is 10.5. The Morgan fingerprint density at radius 3 is 2.30 bits per heavy atom. The standard InChI is InChI=1S/C25H24FN3O3S/c26-21-9-5-19(6-10-21)16-29-17-20(23-3-1-2-4-24(23)29)15-25(30)28-14-13-18-7-11-22(12-8-18)33(27,31)32/h1-12,17H,13-16H2,(H,28,30)(H2,27,31,32). The minimum Gasteiger partial charge on any atom is -0.355 e. The maximum atomic E-state index is 13.2. The largest absolute Gasteiger partial charge is 0.355 e. The number of carbonyl (C=O) groups excluding carboxylic acids is 1. The van der Waals surface area contributed by atoms with E-state index in [-0.39, 0.29) is 23.0 Å². The molecule has 1 heterocycles. The van der Waals surface area contributed by atoms with Crippen LogP contribution in [0, 0.1) is 5.82 Å². The van der Waals surface area contributed by atoms with Crippen molar-refractivity contribution >= 4 is 26.8 Å². The second-order valence-electron chi connectivity index (χ2n) is 7.89. The molecule has 6 nitrogen and oxygen atoms in total. The fourth-order valence-corrected chi connectivity index (χ4v) is 4.32. The highest BCUT2D eigenvalue weighted by Gasteiger charge is 2.12. The lowest BCUT2D eigenvalue weighted by molar-refractivity contribution is -0.120. The van der Waals surface area contributed by atoms with E-state index in [2.05, 4.69) is 9.88 Å². The summed E-state index contributed by atoms with van der Waals surface area (Å²) >= 11 is 0. The van der Waals surface area contributed by atoms with Crippen molar-refractivity contribution in [1.82, 2.24) is 9.88 Å². The molecule has 0 saturated carbocycles. The molecule has 1 aromatic heterocycles. The van der Waals surface area contributed by atoms with E-state index in [0.29, 0.717) is 19.5 Å². The van der Waals surface area contributed by atoms with Crippen LogP contribution in [-0.2, 0) is 34.2 Å². The molecule has 0 saturated heterocycles. The fraction of sp³-hybridized carbons (Fsp3) is 0.160. The summed E-state index contributed by atoms with van der Waals surface area (Å²) in [5, 5.41) is 9.04. The summed E-state index contributed by atoms with van der Waals surface area (Å²) in [5.41, 5.74) is 3.81. The molecule has 33 heavy (non-hydrogen) atoms. The number of rotatable bonds is 8. The molecule has 170 valence electrons. The van der Waals surface area contributed by atoms with E-state index in [4.69, 9.17) is 5.14 Å². The molecular formula is C25H24FN3O3S. The van der Waals surface area contributed by atoms with Crippen LogP contribution in [0.2, 0.25) is 0 Å². The van der Waals surface area contributed by atoms with E-state index in [1.807, 2.05) is 30.5 Å². The molecule has 0 radical (unpaired) electrons. The van der Waals surface area contributed by atoms with Gasteiger partial charge in [0.2, 0.25) is 15.9 Å². The number of nitrogens with one attached hydrogen (secondary N) is 1. The van der Waals surface area contributed by atoms with Crippen LogP contribution in [-0.4, -0.2) is 25.4 Å². The molecule has 8 heteroatoms. The maximum absolute atomic E-state index is 13.2. The summed E-state index contributed by atoms with van der Waals surface area (Å²) in [6.45, 7) is 1.01. The third kappa shape index (κ3) is 5.66. The second kappa shape index (κ2) is 9.56. The van der Waals surface area contributed by atoms with Gasteiger partial charge in [-0.2, -0.15) is 0 Å². The minimum atomic E-state index is -3.71. The molecule has 0 fully saturated rings. The van der Waals surface area contributed by atoms with E-state index in [9.17, 15) is 17.6 Å². The van der Waals surface area contributed by atoms with E-state index in [1.54, 1.807) is 24.3 Å². The normalized spacial score (nSPS) is 11.6. The van der Waals surface area contributed by atoms with Gasteiger partial charge in [-0.15, -0.1) is 0 Å². The van der Waals surface area contributed by atoms with E-state index in [1.165, 1.54) is 24.3 Å². The topological polar surface area (TPSA) is 94.2 Å². The molecule has 0 atom stereocenters. The van der Waals surface area contributed by atoms with Gasteiger partial charge >= 0.3 is 0 Å². The first kappa shape index (κ1) is 22.7. The van der Waals surface area contributed by atoms with Crippen LogP contribution >= 0.6 is 0 Å². The Morgan fingerprint density at radius 2 is 1.61 bits per heavy atom. The van der Waals surface area contributed by atoms with Gasteiger partial charge in [-0.25, -0.2) is 17.9 Å². The first-order chi connectivity index (χ1) is 15.8. The predicted molar refractivity (Wildman–Crippen MR) is 126 cm³/mol. The van der Waals surface area contributed by atoms with Gasteiger partial charge in [0, 0.05) is 30.2 Å². The van der Waals surface area contributed by atoms with Crippen molar-refractivity contribution < 1.29 is 17.6 Å². The Hall–Kier alpha value is -3.49. The summed E-state index contributed by atoms with van der Waals surface area (Å²) in [6, 6.07) is 20.6. The van der Waals surface area contributed by atoms with E-state index in [0.717, 1.165) is 27.6 Å². The number of hydrogen-bond donors (Lipinski definition) is 2. The highest BCUT2D eigenvalue weighted by atomic mass is 32.2. The second-order valence-corrected chi connectivity index (χ2v) is 9.45. The number of hydrogen-bond acceptors (Lipinski definition) is 3. The van der Waals surface area contributed by atoms with Crippen molar-refractivity contribution in [3.63, 3.8) is 0 Å². The summed E-state index contributed by atoms with van der Waals surface area (Å²) in [6.07, 6.45) is 2.78. The van der Waals surface area contributed by atoms with Gasteiger partial charge in [-0.1, -0.05) is 42.5 Å². The fourth-order valence-electron chi connectivity index (χ4n) is 3.81. The zero-order chi connectivity index (χ0) is 23.4. The number of aromatic nitrogens is 1. The van der Waals surface area contributed by atoms with Crippen LogP contribution in [0.5, 0.6) is 0 Å². The average Bonchev–Trinajstić information content (AvgIpc) is 3.12. The first-order valence-corrected chi connectivity index (χ1v) is 12.0. The lowest BCUT2D eigenvalue weighted by atomic mass is 10.1. The van der Waals surface area contributed by atoms with Crippen molar-refractivity contribution in [3.05, 3.63) is 102 Å². The van der Waals surface area contributed by atoms with Crippen LogP contribution < -0.4 is 10.5 Å². The van der Waals surface area contributed by atoms with E-state index >= 15 is 0 Å². The van der Waals surface area contributed by atoms with Crippen LogP contribution in [0.1, 0.15) is 16.7 Å². The quantitative estimate of drug-likeness (QED) is 0.418. The van der Waals surface area contributed by atoms with Gasteiger partial charge in [0.25, 0.3) is 0 Å². The Balaban J connectivity index is 1.40. The molecule has 4 aromatic rings. The van der Waals surface area contributed by atoms with Gasteiger partial charge in [-0.05, 0) is 53.4 Å². The number of carbonyl (C=O) groups is 1. The number of halogens is 1. The Morgan fingerprint density at radius 1 is 0.939 bits per heavy atom. The number of nitrogens with zero attached hydrogens (tertiary/aromatic N) is 1. The molecule has 0 spiro atoms. The summed E-state index contributed by atoms with van der Waals surface area (Å²) in [4.78, 5) is 12.6.